The zero-order valence-corrected chi connectivity index (χ0v) is 4.15. The lowest BCUT2D eigenvalue weighted by molar-refractivity contribution is 0.624. The molecule has 1 unspecified atom stereocenters. The molecule has 0 aromatic rings. The Bertz CT molecular complexity index is 42.0. The van der Waals surface area contributed by atoms with Crippen LogP contribution < -0.4 is 0 Å². The summed E-state index contributed by atoms with van der Waals surface area (Å²) in [5.74, 6) is 1.34. The molecule has 1 rings (SSSR count). The van der Waals surface area contributed by atoms with Crippen molar-refractivity contribution in [1.82, 2.24) is 0 Å². The molecule has 1 fully saturated rings. The molecule has 1 aliphatic carbocycles. The molecule has 0 spiro atoms. The summed E-state index contributed by atoms with van der Waals surface area (Å²) >= 11 is 0. The topological polar surface area (TPSA) is 0 Å². The summed E-state index contributed by atoms with van der Waals surface area (Å²) in [6, 6.07) is 0. The van der Waals surface area contributed by atoms with Crippen LogP contribution in [0.1, 0.15) is 19.8 Å². The van der Waals surface area contributed by atoms with E-state index in [1.165, 1.54) is 12.8 Å². The summed E-state index contributed by atoms with van der Waals surface area (Å²) in [7, 11) is 0. The first kappa shape index (κ1) is 4.17. The van der Waals surface area contributed by atoms with Gasteiger partial charge in [-0.25, -0.2) is 0 Å². The Morgan fingerprint density at radius 2 is 2.17 bits per heavy atom. The predicted molar refractivity (Wildman–Crippen MR) is 26.2 cm³/mol. The van der Waals surface area contributed by atoms with E-state index in [0.717, 1.165) is 5.92 Å². The van der Waals surface area contributed by atoms with Gasteiger partial charge in [-0.3, -0.25) is 0 Å². The van der Waals surface area contributed by atoms with Crippen LogP contribution in [0, 0.1) is 18.8 Å². The van der Waals surface area contributed by atoms with E-state index in [4.69, 9.17) is 6.92 Å². The fourth-order valence-electron chi connectivity index (χ4n) is 0.622. The largest absolute Gasteiger partial charge is 0.0620 e. The van der Waals surface area contributed by atoms with Crippen molar-refractivity contribution in [2.24, 2.45) is 11.8 Å². The van der Waals surface area contributed by atoms with E-state index in [-0.39, 0.29) is 0 Å². The van der Waals surface area contributed by atoms with E-state index in [2.05, 4.69) is 6.92 Å². The van der Waals surface area contributed by atoms with E-state index in [0.29, 0.717) is 5.92 Å². The van der Waals surface area contributed by atoms with Crippen LogP contribution in [0.25, 0.3) is 0 Å². The molecule has 0 saturated heterocycles. The van der Waals surface area contributed by atoms with E-state index in [1.54, 1.807) is 0 Å². The Kier molecular flexibility index (Phi) is 0.868. The Labute approximate surface area is 39.6 Å². The zero-order valence-electron chi connectivity index (χ0n) is 4.15. The molecule has 1 aliphatic rings. The highest BCUT2D eigenvalue weighted by molar-refractivity contribution is 4.79. The third-order valence-corrected chi connectivity index (χ3v) is 1.37. The highest BCUT2D eigenvalue weighted by Crippen LogP contribution is 2.35. The third kappa shape index (κ3) is 0.735. The van der Waals surface area contributed by atoms with Crippen molar-refractivity contribution in [3.8, 4) is 0 Å². The van der Waals surface area contributed by atoms with Crippen LogP contribution in [-0.2, 0) is 0 Å². The maximum Gasteiger partial charge on any atom is -0.0318 e. The van der Waals surface area contributed by atoms with Gasteiger partial charge in [0.25, 0.3) is 0 Å². The molecular formula is C6H10. The quantitative estimate of drug-likeness (QED) is 0.452. The van der Waals surface area contributed by atoms with Crippen LogP contribution >= 0.6 is 0 Å². The van der Waals surface area contributed by atoms with Gasteiger partial charge in [0, 0.05) is 0 Å². The van der Waals surface area contributed by atoms with Gasteiger partial charge < -0.3 is 0 Å². The van der Waals surface area contributed by atoms with Crippen LogP contribution in [0.4, 0.5) is 0 Å². The maximum atomic E-state index is 5.50. The minimum Gasteiger partial charge on any atom is -0.0620 e. The van der Waals surface area contributed by atoms with Gasteiger partial charge in [-0.2, -0.15) is 0 Å². The lowest BCUT2D eigenvalue weighted by Gasteiger charge is -1.93. The van der Waals surface area contributed by atoms with Crippen molar-refractivity contribution in [3.05, 3.63) is 6.92 Å². The minimum atomic E-state index is 0.463. The van der Waals surface area contributed by atoms with Gasteiger partial charge in [0.1, 0.15) is 0 Å². The predicted octanol–water partition coefficient (Wildman–Crippen LogP) is 1.74. The minimum absolute atomic E-state index is 0.463. The van der Waals surface area contributed by atoms with Gasteiger partial charge in [0.05, 0.1) is 0 Å². The molecule has 6 heavy (non-hydrogen) atoms. The van der Waals surface area contributed by atoms with Crippen molar-refractivity contribution < 1.29 is 0 Å². The molecule has 0 aliphatic heterocycles. The molecule has 0 heteroatoms. The average molecular weight is 82.1 g/mol. The first-order chi connectivity index (χ1) is 2.80. The number of hydrogen-bond acceptors (Lipinski definition) is 0. The molecule has 0 aromatic heterocycles. The first-order valence-corrected chi connectivity index (χ1v) is 2.56. The molecule has 2 radical (unpaired) electrons. The van der Waals surface area contributed by atoms with Gasteiger partial charge in [-0.15, -0.1) is 0 Å². The SMILES string of the molecule is [CH]C(C)C1CC1. The fourth-order valence-corrected chi connectivity index (χ4v) is 0.622. The maximum absolute atomic E-state index is 5.50. The molecule has 0 amide bonds. The molecule has 0 N–H and O–H groups in total. The molecule has 1 saturated carbocycles. The van der Waals surface area contributed by atoms with Gasteiger partial charge >= 0.3 is 0 Å². The number of rotatable bonds is 1. The normalized spacial score (nSPS) is 22.5. The summed E-state index contributed by atoms with van der Waals surface area (Å²) in [4.78, 5) is 0. The summed E-state index contributed by atoms with van der Waals surface area (Å²) in [5.41, 5.74) is 0. The molecule has 0 heterocycles. The number of hydrogen-bond donors (Lipinski definition) is 0. The standard InChI is InChI=1S/C6H10/c1-5(2)6-3-4-6/h1,5-6H,3-4H2,2H3. The Hall–Kier alpha value is 0. The van der Waals surface area contributed by atoms with Crippen LogP contribution in [0.3, 0.4) is 0 Å². The van der Waals surface area contributed by atoms with Crippen molar-refractivity contribution in [1.29, 1.82) is 0 Å². The lowest BCUT2D eigenvalue weighted by atomic mass is 10.1. The fraction of sp³-hybridized carbons (Fsp3) is 0.833. The zero-order chi connectivity index (χ0) is 4.57. The van der Waals surface area contributed by atoms with Crippen molar-refractivity contribution in [2.45, 2.75) is 19.8 Å². The smallest absolute Gasteiger partial charge is 0.0318 e. The van der Waals surface area contributed by atoms with Crippen molar-refractivity contribution in [3.63, 3.8) is 0 Å². The second-order valence-electron chi connectivity index (χ2n) is 2.20. The summed E-state index contributed by atoms with van der Waals surface area (Å²) in [5, 5.41) is 0. The molecule has 0 bridgehead atoms. The molecule has 0 aromatic carbocycles. The van der Waals surface area contributed by atoms with Crippen LogP contribution in [0.5, 0.6) is 0 Å². The highest BCUT2D eigenvalue weighted by Gasteiger charge is 2.24. The van der Waals surface area contributed by atoms with E-state index in [1.807, 2.05) is 0 Å². The monoisotopic (exact) mass is 82.1 g/mol. The Morgan fingerprint density at radius 1 is 1.67 bits per heavy atom. The van der Waals surface area contributed by atoms with Gasteiger partial charge in [-0.1, -0.05) is 6.92 Å². The molecule has 0 nitrogen and oxygen atoms in total. The van der Waals surface area contributed by atoms with Gasteiger partial charge in [0.15, 0.2) is 0 Å². The van der Waals surface area contributed by atoms with Gasteiger partial charge in [0.2, 0.25) is 0 Å². The Balaban J connectivity index is 2.13. The first-order valence-electron chi connectivity index (χ1n) is 2.56. The van der Waals surface area contributed by atoms with E-state index < -0.39 is 0 Å². The summed E-state index contributed by atoms with van der Waals surface area (Å²) in [6.07, 6.45) is 2.75. The Morgan fingerprint density at radius 3 is 2.17 bits per heavy atom. The lowest BCUT2D eigenvalue weighted by Crippen LogP contribution is -1.86. The molecular weight excluding hydrogens is 72.1 g/mol. The van der Waals surface area contributed by atoms with E-state index >= 15 is 0 Å². The summed E-state index contributed by atoms with van der Waals surface area (Å²) < 4.78 is 0. The van der Waals surface area contributed by atoms with Crippen molar-refractivity contribution in [2.75, 3.05) is 0 Å². The van der Waals surface area contributed by atoms with Crippen LogP contribution in [-0.4, -0.2) is 0 Å². The van der Waals surface area contributed by atoms with Crippen LogP contribution in [0.2, 0.25) is 0 Å². The van der Waals surface area contributed by atoms with Crippen LogP contribution in [0.15, 0.2) is 0 Å². The van der Waals surface area contributed by atoms with E-state index in [9.17, 15) is 0 Å². The van der Waals surface area contributed by atoms with Crippen molar-refractivity contribution >= 4 is 0 Å². The second-order valence-corrected chi connectivity index (χ2v) is 2.20. The second kappa shape index (κ2) is 1.25. The molecule has 34 valence electrons. The highest BCUT2D eigenvalue weighted by atomic mass is 14.3. The molecule has 1 atom stereocenters. The van der Waals surface area contributed by atoms with Gasteiger partial charge in [-0.05, 0) is 31.6 Å². The third-order valence-electron chi connectivity index (χ3n) is 1.37. The average Bonchev–Trinajstić information content (AvgIpc) is 2.06. The summed E-state index contributed by atoms with van der Waals surface area (Å²) in [6.45, 7) is 7.58.